The number of hydrogen-bond acceptors (Lipinski definition) is 2. The molecule has 0 saturated heterocycles. The van der Waals surface area contributed by atoms with E-state index in [0.29, 0.717) is 0 Å². The first kappa shape index (κ1) is 11.5. The predicted octanol–water partition coefficient (Wildman–Crippen LogP) is 2.77. The molecule has 0 spiro atoms. The van der Waals surface area contributed by atoms with E-state index >= 15 is 0 Å². The van der Waals surface area contributed by atoms with Crippen molar-refractivity contribution in [3.05, 3.63) is 29.8 Å². The summed E-state index contributed by atoms with van der Waals surface area (Å²) >= 11 is 0. The highest BCUT2D eigenvalue weighted by Crippen LogP contribution is 2.23. The topological polar surface area (TPSA) is 29.1 Å². The van der Waals surface area contributed by atoms with Crippen molar-refractivity contribution in [2.75, 3.05) is 12.0 Å². The van der Waals surface area contributed by atoms with Gasteiger partial charge in [0.05, 0.1) is 11.3 Å². The van der Waals surface area contributed by atoms with Crippen LogP contribution in [0.2, 0.25) is 0 Å². The fourth-order valence-corrected chi connectivity index (χ4v) is 0.994. The number of nitrogens with one attached hydrogen (secondary N) is 1. The van der Waals surface area contributed by atoms with Crippen molar-refractivity contribution in [3.63, 3.8) is 0 Å². The second-order valence-electron chi connectivity index (χ2n) is 2.78. The van der Waals surface area contributed by atoms with Crippen LogP contribution in [0.1, 0.15) is 10.4 Å². The second-order valence-corrected chi connectivity index (χ2v) is 2.78. The Labute approximate surface area is 82.9 Å². The Morgan fingerprint density at radius 3 is 2.47 bits per heavy atom. The van der Waals surface area contributed by atoms with Crippen LogP contribution in [-0.4, -0.2) is 18.8 Å². The number of carbonyl (C=O) groups excluding carboxylic acids is 1. The molecule has 0 amide bonds. The van der Waals surface area contributed by atoms with Crippen molar-refractivity contribution >= 4 is 11.7 Å². The number of anilines is 1. The molecule has 0 fully saturated rings. The number of halogens is 4. The van der Waals surface area contributed by atoms with Gasteiger partial charge in [-0.2, -0.15) is 13.2 Å². The fraction of sp³-hybridized carbons (Fsp3) is 0.222. The van der Waals surface area contributed by atoms with Gasteiger partial charge < -0.3 is 5.32 Å². The van der Waals surface area contributed by atoms with E-state index in [0.717, 1.165) is 12.1 Å². The first-order chi connectivity index (χ1) is 6.96. The molecular formula is C9H7F4NO. The minimum absolute atomic E-state index is 0.437. The molecule has 1 rings (SSSR count). The van der Waals surface area contributed by atoms with E-state index in [1.807, 2.05) is 0 Å². The van der Waals surface area contributed by atoms with Gasteiger partial charge in [-0.3, -0.25) is 4.79 Å². The molecule has 15 heavy (non-hydrogen) atoms. The van der Waals surface area contributed by atoms with E-state index in [2.05, 4.69) is 0 Å². The maximum atomic E-state index is 12.6. The molecule has 1 N–H and O–H groups in total. The van der Waals surface area contributed by atoms with Gasteiger partial charge in [0.1, 0.15) is 0 Å². The van der Waals surface area contributed by atoms with Crippen molar-refractivity contribution in [1.82, 2.24) is 0 Å². The molecule has 1 aromatic carbocycles. The molecule has 0 radical (unpaired) electrons. The monoisotopic (exact) mass is 221 g/mol. The van der Waals surface area contributed by atoms with Gasteiger partial charge in [0.25, 0.3) is 0 Å². The normalized spacial score (nSPS) is 11.2. The van der Waals surface area contributed by atoms with Crippen molar-refractivity contribution in [3.8, 4) is 0 Å². The lowest BCUT2D eigenvalue weighted by Crippen LogP contribution is -2.30. The molecule has 0 aliphatic heterocycles. The highest BCUT2D eigenvalue weighted by Gasteiger charge is 2.29. The van der Waals surface area contributed by atoms with Crippen LogP contribution in [0.4, 0.5) is 23.2 Å². The third kappa shape index (κ3) is 2.93. The number of rotatable bonds is 4. The maximum Gasteiger partial charge on any atom is 0.351 e. The molecule has 2 nitrogen and oxygen atoms in total. The van der Waals surface area contributed by atoms with Gasteiger partial charge in [-0.15, -0.1) is 0 Å². The SMILES string of the molecule is O=C(F)c1ccccc1NC(F)(F)CF. The van der Waals surface area contributed by atoms with Gasteiger partial charge in [0, 0.05) is 0 Å². The Kier molecular flexibility index (Phi) is 3.28. The number of alkyl halides is 3. The summed E-state index contributed by atoms with van der Waals surface area (Å²) in [6, 6.07) is -0.942. The molecule has 6 heteroatoms. The van der Waals surface area contributed by atoms with E-state index in [1.165, 1.54) is 17.4 Å². The number of carbonyl (C=O) groups is 1. The quantitative estimate of drug-likeness (QED) is 0.481. The summed E-state index contributed by atoms with van der Waals surface area (Å²) in [5, 5.41) is 1.45. The maximum absolute atomic E-state index is 12.6. The van der Waals surface area contributed by atoms with Crippen molar-refractivity contribution in [2.24, 2.45) is 0 Å². The van der Waals surface area contributed by atoms with Crippen molar-refractivity contribution in [2.45, 2.75) is 6.05 Å². The number of hydrogen-bond donors (Lipinski definition) is 1. The largest absolute Gasteiger partial charge is 0.351 e. The average Bonchev–Trinajstić information content (AvgIpc) is 2.18. The molecule has 0 atom stereocenters. The van der Waals surface area contributed by atoms with Gasteiger partial charge in [0.2, 0.25) is 0 Å². The first-order valence-corrected chi connectivity index (χ1v) is 3.97. The van der Waals surface area contributed by atoms with Gasteiger partial charge in [-0.25, -0.2) is 4.39 Å². The zero-order valence-electron chi connectivity index (χ0n) is 7.44. The lowest BCUT2D eigenvalue weighted by Gasteiger charge is -2.16. The van der Waals surface area contributed by atoms with Crippen LogP contribution in [0.3, 0.4) is 0 Å². The third-order valence-corrected chi connectivity index (χ3v) is 1.62. The lowest BCUT2D eigenvalue weighted by atomic mass is 10.2. The summed E-state index contributed by atoms with van der Waals surface area (Å²) in [4.78, 5) is 10.4. The smallest absolute Gasteiger partial charge is 0.324 e. The molecule has 0 aliphatic carbocycles. The molecule has 0 saturated carbocycles. The molecule has 1 aromatic rings. The molecule has 0 aliphatic rings. The summed E-state index contributed by atoms with van der Waals surface area (Å²) in [7, 11) is 0. The molecular weight excluding hydrogens is 214 g/mol. The van der Waals surface area contributed by atoms with Gasteiger partial charge >= 0.3 is 12.1 Å². The standard InChI is InChI=1S/C9H7F4NO/c10-5-9(12,13)14-7-4-2-1-3-6(7)8(11)15/h1-4,14H,5H2. The van der Waals surface area contributed by atoms with Crippen LogP contribution in [0.15, 0.2) is 24.3 Å². The van der Waals surface area contributed by atoms with Crippen LogP contribution in [0, 0.1) is 0 Å². The van der Waals surface area contributed by atoms with E-state index in [4.69, 9.17) is 0 Å². The Morgan fingerprint density at radius 1 is 1.33 bits per heavy atom. The molecule has 0 heterocycles. The average molecular weight is 221 g/mol. The van der Waals surface area contributed by atoms with Gasteiger partial charge in [-0.05, 0) is 12.1 Å². The van der Waals surface area contributed by atoms with E-state index in [-0.39, 0.29) is 0 Å². The Hall–Kier alpha value is -1.59. The Bertz CT molecular complexity index is 367. The zero-order chi connectivity index (χ0) is 11.5. The fourth-order valence-electron chi connectivity index (χ4n) is 0.994. The van der Waals surface area contributed by atoms with Crippen LogP contribution in [-0.2, 0) is 0 Å². The van der Waals surface area contributed by atoms with Gasteiger partial charge in [-0.1, -0.05) is 12.1 Å². The molecule has 0 bridgehead atoms. The number of para-hydroxylation sites is 1. The summed E-state index contributed by atoms with van der Waals surface area (Å²) in [5.41, 5.74) is -0.988. The molecule has 0 unspecified atom stereocenters. The van der Waals surface area contributed by atoms with Crippen molar-refractivity contribution < 1.29 is 22.4 Å². The third-order valence-electron chi connectivity index (χ3n) is 1.62. The van der Waals surface area contributed by atoms with Crippen LogP contribution in [0.5, 0.6) is 0 Å². The summed E-state index contributed by atoms with van der Waals surface area (Å²) in [5.74, 6) is 0. The highest BCUT2D eigenvalue weighted by atomic mass is 19.3. The zero-order valence-corrected chi connectivity index (χ0v) is 7.44. The minimum Gasteiger partial charge on any atom is -0.324 e. The Morgan fingerprint density at radius 2 is 1.93 bits per heavy atom. The number of benzene rings is 1. The van der Waals surface area contributed by atoms with Crippen molar-refractivity contribution in [1.29, 1.82) is 0 Å². The molecule has 0 aromatic heterocycles. The first-order valence-electron chi connectivity index (χ1n) is 3.97. The van der Waals surface area contributed by atoms with E-state index in [9.17, 15) is 22.4 Å². The van der Waals surface area contributed by atoms with Crippen LogP contribution < -0.4 is 5.32 Å². The predicted molar refractivity (Wildman–Crippen MR) is 46.4 cm³/mol. The summed E-state index contributed by atoms with van der Waals surface area (Å²) < 4.78 is 49.3. The van der Waals surface area contributed by atoms with E-state index < -0.39 is 30.0 Å². The van der Waals surface area contributed by atoms with E-state index in [1.54, 1.807) is 0 Å². The molecule has 82 valence electrons. The highest BCUT2D eigenvalue weighted by molar-refractivity contribution is 5.94. The minimum atomic E-state index is -3.81. The summed E-state index contributed by atoms with van der Waals surface area (Å²) in [6.45, 7) is -1.94. The van der Waals surface area contributed by atoms with Crippen LogP contribution >= 0.6 is 0 Å². The lowest BCUT2D eigenvalue weighted by molar-refractivity contribution is 0.00678. The van der Waals surface area contributed by atoms with Gasteiger partial charge in [0.15, 0.2) is 6.67 Å². The Balaban J connectivity index is 2.99. The van der Waals surface area contributed by atoms with Crippen LogP contribution in [0.25, 0.3) is 0 Å². The second kappa shape index (κ2) is 4.29. The summed E-state index contributed by atoms with van der Waals surface area (Å²) in [6.07, 6.45) is 0.